The second-order valence-electron chi connectivity index (χ2n) is 4.34. The topological polar surface area (TPSA) is 98.5 Å². The molecular formula is C12H16Cl2N2O4S. The molecule has 0 spiro atoms. The molecule has 1 aromatic rings. The number of nitrogens with two attached hydrogens (primary N) is 1. The van der Waals surface area contributed by atoms with Crippen LogP contribution < -0.4 is 11.1 Å². The van der Waals surface area contributed by atoms with Gasteiger partial charge in [-0.25, -0.2) is 8.42 Å². The van der Waals surface area contributed by atoms with E-state index in [2.05, 4.69) is 5.32 Å². The first-order chi connectivity index (χ1) is 9.69. The average Bonchev–Trinajstić information content (AvgIpc) is 2.39. The number of nitrogen functional groups attached to an aromatic ring is 1. The Labute approximate surface area is 133 Å². The molecule has 0 heterocycles. The van der Waals surface area contributed by atoms with Crippen LogP contribution >= 0.6 is 23.2 Å². The summed E-state index contributed by atoms with van der Waals surface area (Å²) in [5.74, 6) is -0.968. The summed E-state index contributed by atoms with van der Waals surface area (Å²) >= 11 is 11.7. The number of carbonyl (C=O) groups excluding carboxylic acids is 1. The first-order valence-corrected chi connectivity index (χ1v) is 8.42. The summed E-state index contributed by atoms with van der Waals surface area (Å²) < 4.78 is 28.5. The van der Waals surface area contributed by atoms with Crippen molar-refractivity contribution >= 4 is 50.3 Å². The van der Waals surface area contributed by atoms with Crippen molar-refractivity contribution in [2.45, 2.75) is 12.2 Å². The van der Waals surface area contributed by atoms with E-state index < -0.39 is 21.0 Å². The van der Waals surface area contributed by atoms with Gasteiger partial charge in [-0.3, -0.25) is 4.79 Å². The highest BCUT2D eigenvalue weighted by molar-refractivity contribution is 7.92. The van der Waals surface area contributed by atoms with Gasteiger partial charge >= 0.3 is 0 Å². The average molecular weight is 355 g/mol. The third-order valence-electron chi connectivity index (χ3n) is 2.81. The van der Waals surface area contributed by atoms with Gasteiger partial charge in [0, 0.05) is 12.1 Å². The normalized spacial score (nSPS) is 13.0. The first kappa shape index (κ1) is 18.0. The fourth-order valence-electron chi connectivity index (χ4n) is 1.49. The summed E-state index contributed by atoms with van der Waals surface area (Å²) in [5.41, 5.74) is 6.00. The second kappa shape index (κ2) is 7.31. The van der Waals surface area contributed by atoms with Gasteiger partial charge in [0.15, 0.2) is 9.84 Å². The Balaban J connectivity index is 2.92. The van der Waals surface area contributed by atoms with Gasteiger partial charge in [-0.15, -0.1) is 0 Å². The van der Waals surface area contributed by atoms with Gasteiger partial charge in [-0.2, -0.15) is 0 Å². The van der Waals surface area contributed by atoms with Crippen LogP contribution in [0.2, 0.25) is 10.0 Å². The lowest BCUT2D eigenvalue weighted by molar-refractivity contribution is -0.115. The molecule has 1 amide bonds. The van der Waals surface area contributed by atoms with Gasteiger partial charge < -0.3 is 15.8 Å². The van der Waals surface area contributed by atoms with Gasteiger partial charge in [0.2, 0.25) is 5.91 Å². The Hall–Kier alpha value is -1.02. The van der Waals surface area contributed by atoms with E-state index in [1.54, 1.807) is 0 Å². The number of hydrogen-bond acceptors (Lipinski definition) is 5. The molecular weight excluding hydrogens is 339 g/mol. The molecule has 0 aliphatic heterocycles. The minimum absolute atomic E-state index is 0.0177. The van der Waals surface area contributed by atoms with Crippen LogP contribution in [-0.2, 0) is 19.4 Å². The highest BCUT2D eigenvalue weighted by Crippen LogP contribution is 2.32. The van der Waals surface area contributed by atoms with E-state index in [4.69, 9.17) is 33.7 Å². The summed E-state index contributed by atoms with van der Waals surface area (Å²) in [7, 11) is -2.24. The Bertz CT molecular complexity index is 611. The van der Waals surface area contributed by atoms with E-state index in [1.165, 1.54) is 26.2 Å². The van der Waals surface area contributed by atoms with E-state index in [0.29, 0.717) is 5.02 Å². The smallest absolute Gasteiger partial charge is 0.242 e. The molecule has 0 bridgehead atoms. The standard InChI is InChI=1S/C12H16Cl2N2O4S/c1-7(21(18,19)4-3-20-2)12(17)16-11-9(14)5-8(13)6-10(11)15/h5-7H,3-4,15H2,1-2H3,(H,16,17). The fraction of sp³-hybridized carbons (Fsp3) is 0.417. The number of methoxy groups -OCH3 is 1. The molecule has 0 radical (unpaired) electrons. The first-order valence-electron chi connectivity index (χ1n) is 5.95. The number of ether oxygens (including phenoxy) is 1. The van der Waals surface area contributed by atoms with Crippen molar-refractivity contribution in [2.75, 3.05) is 30.5 Å². The molecule has 21 heavy (non-hydrogen) atoms. The third kappa shape index (κ3) is 4.74. The number of halogens is 2. The number of sulfone groups is 1. The van der Waals surface area contributed by atoms with Crippen LogP contribution in [0.15, 0.2) is 12.1 Å². The lowest BCUT2D eigenvalue weighted by Gasteiger charge is -2.15. The van der Waals surface area contributed by atoms with Crippen molar-refractivity contribution in [3.63, 3.8) is 0 Å². The van der Waals surface area contributed by atoms with Gasteiger partial charge in [-0.1, -0.05) is 23.2 Å². The largest absolute Gasteiger partial charge is 0.397 e. The van der Waals surface area contributed by atoms with Crippen molar-refractivity contribution in [1.29, 1.82) is 0 Å². The molecule has 1 aromatic carbocycles. The maximum Gasteiger partial charge on any atom is 0.242 e. The van der Waals surface area contributed by atoms with Gasteiger partial charge in [0.25, 0.3) is 0 Å². The number of anilines is 2. The predicted octanol–water partition coefficient (Wildman–Crippen LogP) is 1.96. The maximum absolute atomic E-state index is 12.0. The molecule has 3 N–H and O–H groups in total. The molecule has 0 aliphatic carbocycles. The van der Waals surface area contributed by atoms with E-state index in [0.717, 1.165) is 0 Å². The minimum Gasteiger partial charge on any atom is -0.397 e. The van der Waals surface area contributed by atoms with Crippen molar-refractivity contribution in [1.82, 2.24) is 0 Å². The molecule has 0 aliphatic rings. The highest BCUT2D eigenvalue weighted by Gasteiger charge is 2.28. The quantitative estimate of drug-likeness (QED) is 0.760. The second-order valence-corrected chi connectivity index (χ2v) is 7.63. The van der Waals surface area contributed by atoms with Crippen LogP contribution in [0.3, 0.4) is 0 Å². The summed E-state index contributed by atoms with van der Waals surface area (Å²) in [5, 5.41) is 1.61. The van der Waals surface area contributed by atoms with Gasteiger partial charge in [0.1, 0.15) is 5.25 Å². The number of benzene rings is 1. The van der Waals surface area contributed by atoms with Crippen LogP contribution in [0.25, 0.3) is 0 Å². The van der Waals surface area contributed by atoms with E-state index in [1.807, 2.05) is 0 Å². The van der Waals surface area contributed by atoms with Gasteiger partial charge in [-0.05, 0) is 19.1 Å². The SMILES string of the molecule is COCCS(=O)(=O)C(C)C(=O)Nc1c(N)cc(Cl)cc1Cl. The Morgan fingerprint density at radius 2 is 2.05 bits per heavy atom. The molecule has 0 fully saturated rings. The lowest BCUT2D eigenvalue weighted by Crippen LogP contribution is -2.35. The van der Waals surface area contributed by atoms with Crippen molar-refractivity contribution < 1.29 is 17.9 Å². The lowest BCUT2D eigenvalue weighted by atomic mass is 10.2. The van der Waals surface area contributed by atoms with Crippen LogP contribution in [0, 0.1) is 0 Å². The van der Waals surface area contributed by atoms with E-state index in [9.17, 15) is 13.2 Å². The maximum atomic E-state index is 12.0. The minimum atomic E-state index is -3.62. The van der Waals surface area contributed by atoms with Crippen molar-refractivity contribution in [3.05, 3.63) is 22.2 Å². The zero-order valence-electron chi connectivity index (χ0n) is 11.5. The summed E-state index contributed by atoms with van der Waals surface area (Å²) in [4.78, 5) is 12.0. The van der Waals surface area contributed by atoms with Crippen molar-refractivity contribution in [3.8, 4) is 0 Å². The fourth-order valence-corrected chi connectivity index (χ4v) is 3.18. The molecule has 118 valence electrons. The van der Waals surface area contributed by atoms with Crippen LogP contribution in [0.5, 0.6) is 0 Å². The predicted molar refractivity (Wildman–Crippen MR) is 84.6 cm³/mol. The van der Waals surface area contributed by atoms with Gasteiger partial charge in [0.05, 0.1) is 28.8 Å². The highest BCUT2D eigenvalue weighted by atomic mass is 35.5. The number of rotatable bonds is 6. The third-order valence-corrected chi connectivity index (χ3v) is 5.36. The van der Waals surface area contributed by atoms with Crippen LogP contribution in [-0.4, -0.2) is 39.0 Å². The Kier molecular flexibility index (Phi) is 6.27. The molecule has 6 nitrogen and oxygen atoms in total. The molecule has 1 unspecified atom stereocenters. The molecule has 1 atom stereocenters. The number of hydrogen-bond donors (Lipinski definition) is 2. The molecule has 0 saturated carbocycles. The van der Waals surface area contributed by atoms with Crippen molar-refractivity contribution in [2.24, 2.45) is 0 Å². The molecule has 1 rings (SSSR count). The Morgan fingerprint density at radius 1 is 1.43 bits per heavy atom. The van der Waals surface area contributed by atoms with Crippen LogP contribution in [0.4, 0.5) is 11.4 Å². The summed E-state index contributed by atoms with van der Waals surface area (Å²) in [6.45, 7) is 1.31. The van der Waals surface area contributed by atoms with E-state index in [-0.39, 0.29) is 28.8 Å². The Morgan fingerprint density at radius 3 is 2.57 bits per heavy atom. The monoisotopic (exact) mass is 354 g/mol. The summed E-state index contributed by atoms with van der Waals surface area (Å²) in [6, 6.07) is 2.81. The zero-order valence-corrected chi connectivity index (χ0v) is 13.8. The molecule has 9 heteroatoms. The number of carbonyl (C=O) groups is 1. The molecule has 0 aromatic heterocycles. The summed E-state index contributed by atoms with van der Waals surface area (Å²) in [6.07, 6.45) is 0. The molecule has 0 saturated heterocycles. The number of nitrogens with one attached hydrogen (secondary N) is 1. The zero-order chi connectivity index (χ0) is 16.2. The van der Waals surface area contributed by atoms with E-state index >= 15 is 0 Å². The number of amides is 1. The van der Waals surface area contributed by atoms with Crippen LogP contribution in [0.1, 0.15) is 6.92 Å².